The summed E-state index contributed by atoms with van der Waals surface area (Å²) in [5, 5.41) is 3.33. The Hall–Kier alpha value is -2.43. The van der Waals surface area contributed by atoms with Gasteiger partial charge in [0.25, 0.3) is 0 Å². The molecule has 0 radical (unpaired) electrons. The Morgan fingerprint density at radius 3 is 2.74 bits per heavy atom. The molecule has 1 atom stereocenters. The lowest BCUT2D eigenvalue weighted by molar-refractivity contribution is -0.119. The van der Waals surface area contributed by atoms with Crippen molar-refractivity contribution in [2.75, 3.05) is 19.6 Å². The molecule has 0 aliphatic carbocycles. The maximum Gasteiger partial charge on any atom is 0.219 e. The van der Waals surface area contributed by atoms with E-state index in [0.29, 0.717) is 24.6 Å². The molecule has 1 aromatic carbocycles. The van der Waals surface area contributed by atoms with Gasteiger partial charge in [-0.1, -0.05) is 6.07 Å². The minimum absolute atomic E-state index is 0. The molecule has 0 spiro atoms. The van der Waals surface area contributed by atoms with Crippen molar-refractivity contribution in [2.45, 2.75) is 32.7 Å². The van der Waals surface area contributed by atoms with Gasteiger partial charge in [-0.25, -0.2) is 14.4 Å². The lowest BCUT2D eigenvalue weighted by Crippen LogP contribution is -2.47. The predicted molar refractivity (Wildman–Crippen MR) is 129 cm³/mol. The molecule has 2 aromatic rings. The van der Waals surface area contributed by atoms with Crippen LogP contribution in [-0.4, -0.2) is 41.4 Å². The lowest BCUT2D eigenvalue weighted by atomic mass is 9.95. The van der Waals surface area contributed by atoms with Gasteiger partial charge in [0.05, 0.1) is 6.54 Å². The number of piperidine rings is 1. The number of halogens is 2. The van der Waals surface area contributed by atoms with E-state index in [9.17, 15) is 9.18 Å². The maximum atomic E-state index is 13.0. The smallest absolute Gasteiger partial charge is 0.219 e. The van der Waals surface area contributed by atoms with E-state index in [2.05, 4.69) is 15.2 Å². The van der Waals surface area contributed by atoms with Gasteiger partial charge in [-0.3, -0.25) is 4.79 Å². The molecule has 31 heavy (non-hydrogen) atoms. The monoisotopic (exact) mass is 541 g/mol. The average Bonchev–Trinajstić information content (AvgIpc) is 2.73. The summed E-state index contributed by atoms with van der Waals surface area (Å²) in [6.07, 6.45) is 4.16. The van der Waals surface area contributed by atoms with E-state index in [4.69, 9.17) is 15.5 Å². The topological polar surface area (TPSA) is 92.8 Å². The van der Waals surface area contributed by atoms with Gasteiger partial charge in [0.1, 0.15) is 11.6 Å². The molecule has 7 nitrogen and oxygen atoms in total. The van der Waals surface area contributed by atoms with Crippen LogP contribution in [0.4, 0.5) is 4.39 Å². The standard InChI is InChI=1S/C22H28FN5O2.HI/c1-2-25-22(28-11-3-4-16(15-28)12-20(24)29)27-14-17-5-10-21(26-13-17)30-19-8-6-18(23)7-9-19;/h5-10,13,16H,2-4,11-12,14-15H2,1H3,(H2,24,29)(H,25,27);1H. The number of guanidine groups is 1. The number of nitrogens with zero attached hydrogens (tertiary/aromatic N) is 3. The van der Waals surface area contributed by atoms with Gasteiger partial charge in [0, 0.05) is 38.3 Å². The fourth-order valence-corrected chi connectivity index (χ4v) is 3.49. The number of rotatable bonds is 7. The first-order chi connectivity index (χ1) is 14.5. The number of aliphatic imine (C=N–C) groups is 1. The van der Waals surface area contributed by atoms with E-state index in [1.807, 2.05) is 13.0 Å². The molecule has 1 unspecified atom stereocenters. The van der Waals surface area contributed by atoms with Gasteiger partial charge < -0.3 is 20.7 Å². The van der Waals surface area contributed by atoms with Crippen LogP contribution >= 0.6 is 24.0 Å². The minimum atomic E-state index is -0.310. The molecular formula is C22H29FIN5O2. The molecule has 9 heteroatoms. The first-order valence-electron chi connectivity index (χ1n) is 10.2. The molecule has 0 bridgehead atoms. The third-order valence-corrected chi connectivity index (χ3v) is 4.89. The Balaban J connectivity index is 0.00000341. The molecule has 2 heterocycles. The lowest BCUT2D eigenvalue weighted by Gasteiger charge is -2.34. The summed E-state index contributed by atoms with van der Waals surface area (Å²) in [5.74, 6) is 1.50. The van der Waals surface area contributed by atoms with E-state index in [-0.39, 0.29) is 41.6 Å². The van der Waals surface area contributed by atoms with Gasteiger partial charge in [0.2, 0.25) is 11.8 Å². The van der Waals surface area contributed by atoms with E-state index in [0.717, 1.165) is 44.0 Å². The number of nitrogens with two attached hydrogens (primary N) is 1. The fourth-order valence-electron chi connectivity index (χ4n) is 3.49. The molecule has 1 aliphatic rings. The Bertz CT molecular complexity index is 861. The Morgan fingerprint density at radius 2 is 2.10 bits per heavy atom. The third kappa shape index (κ3) is 7.97. The molecular weight excluding hydrogens is 512 g/mol. The number of hydrogen-bond donors (Lipinski definition) is 2. The fraction of sp³-hybridized carbons (Fsp3) is 0.409. The highest BCUT2D eigenvalue weighted by atomic mass is 127. The SMILES string of the molecule is CCNC(=NCc1ccc(Oc2ccc(F)cc2)nc1)N1CCCC(CC(N)=O)C1.I. The van der Waals surface area contributed by atoms with Gasteiger partial charge in [-0.15, -0.1) is 24.0 Å². The summed E-state index contributed by atoms with van der Waals surface area (Å²) in [6.45, 7) is 4.95. The van der Waals surface area contributed by atoms with Gasteiger partial charge >= 0.3 is 0 Å². The summed E-state index contributed by atoms with van der Waals surface area (Å²) < 4.78 is 18.6. The average molecular weight is 541 g/mol. The summed E-state index contributed by atoms with van der Waals surface area (Å²) >= 11 is 0. The number of carbonyl (C=O) groups excluding carboxylic acids is 1. The van der Waals surface area contributed by atoms with Crippen LogP contribution in [0, 0.1) is 11.7 Å². The normalized spacial score (nSPS) is 16.4. The molecule has 1 aromatic heterocycles. The largest absolute Gasteiger partial charge is 0.439 e. The zero-order valence-corrected chi connectivity index (χ0v) is 19.9. The van der Waals surface area contributed by atoms with Crippen molar-refractivity contribution in [1.82, 2.24) is 15.2 Å². The highest BCUT2D eigenvalue weighted by Crippen LogP contribution is 2.21. The third-order valence-electron chi connectivity index (χ3n) is 4.89. The van der Waals surface area contributed by atoms with Gasteiger partial charge in [-0.2, -0.15) is 0 Å². The molecule has 3 N–H and O–H groups in total. The number of benzene rings is 1. The number of aromatic nitrogens is 1. The quantitative estimate of drug-likeness (QED) is 0.317. The molecule has 3 rings (SSSR count). The maximum absolute atomic E-state index is 13.0. The molecule has 1 aliphatic heterocycles. The highest BCUT2D eigenvalue weighted by Gasteiger charge is 2.23. The van der Waals surface area contributed by atoms with Crippen molar-refractivity contribution in [3.63, 3.8) is 0 Å². The molecule has 1 amide bonds. The number of nitrogens with one attached hydrogen (secondary N) is 1. The van der Waals surface area contributed by atoms with Crippen molar-refractivity contribution >= 4 is 35.8 Å². The Labute approximate surface area is 199 Å². The molecule has 1 saturated heterocycles. The van der Waals surface area contributed by atoms with E-state index < -0.39 is 0 Å². The van der Waals surface area contributed by atoms with Crippen molar-refractivity contribution in [3.05, 3.63) is 54.0 Å². The van der Waals surface area contributed by atoms with Crippen LogP contribution < -0.4 is 15.8 Å². The first kappa shape index (κ1) is 24.8. The van der Waals surface area contributed by atoms with E-state index in [1.54, 1.807) is 24.4 Å². The molecule has 168 valence electrons. The number of primary amides is 1. The van der Waals surface area contributed by atoms with Crippen LogP contribution in [0.15, 0.2) is 47.6 Å². The zero-order chi connectivity index (χ0) is 21.3. The second-order valence-electron chi connectivity index (χ2n) is 7.36. The Kier molecular flexibility index (Phi) is 9.96. The van der Waals surface area contributed by atoms with Crippen molar-refractivity contribution in [1.29, 1.82) is 0 Å². The summed E-state index contributed by atoms with van der Waals surface area (Å²) in [4.78, 5) is 22.5. The van der Waals surface area contributed by atoms with E-state index in [1.165, 1.54) is 12.1 Å². The number of carbonyl (C=O) groups is 1. The van der Waals surface area contributed by atoms with Crippen LogP contribution in [-0.2, 0) is 11.3 Å². The van der Waals surface area contributed by atoms with Crippen molar-refractivity contribution in [3.8, 4) is 11.6 Å². The minimum Gasteiger partial charge on any atom is -0.439 e. The zero-order valence-electron chi connectivity index (χ0n) is 17.6. The number of amides is 1. The molecule has 0 saturated carbocycles. The van der Waals surface area contributed by atoms with E-state index >= 15 is 0 Å². The predicted octanol–water partition coefficient (Wildman–Crippen LogP) is 3.68. The summed E-state index contributed by atoms with van der Waals surface area (Å²) in [6, 6.07) is 9.48. The van der Waals surface area contributed by atoms with Crippen LogP contribution in [0.1, 0.15) is 31.7 Å². The summed E-state index contributed by atoms with van der Waals surface area (Å²) in [5.41, 5.74) is 6.32. The second kappa shape index (κ2) is 12.4. The van der Waals surface area contributed by atoms with Crippen LogP contribution in [0.3, 0.4) is 0 Å². The van der Waals surface area contributed by atoms with Crippen LogP contribution in [0.2, 0.25) is 0 Å². The van der Waals surface area contributed by atoms with Crippen molar-refractivity contribution in [2.24, 2.45) is 16.6 Å². The van der Waals surface area contributed by atoms with Crippen LogP contribution in [0.5, 0.6) is 11.6 Å². The first-order valence-corrected chi connectivity index (χ1v) is 10.2. The summed E-state index contributed by atoms with van der Waals surface area (Å²) in [7, 11) is 0. The number of pyridine rings is 1. The highest BCUT2D eigenvalue weighted by molar-refractivity contribution is 14.0. The second-order valence-corrected chi connectivity index (χ2v) is 7.36. The molecule has 1 fully saturated rings. The number of likely N-dealkylation sites (tertiary alicyclic amines) is 1. The van der Waals surface area contributed by atoms with Crippen LogP contribution in [0.25, 0.3) is 0 Å². The number of hydrogen-bond acceptors (Lipinski definition) is 4. The Morgan fingerprint density at radius 1 is 1.32 bits per heavy atom. The van der Waals surface area contributed by atoms with Crippen molar-refractivity contribution < 1.29 is 13.9 Å². The van der Waals surface area contributed by atoms with Gasteiger partial charge in [0.15, 0.2) is 5.96 Å². The number of ether oxygens (including phenoxy) is 1. The van der Waals surface area contributed by atoms with Gasteiger partial charge in [-0.05, 0) is 55.5 Å².